The van der Waals surface area contributed by atoms with Gasteiger partial charge in [0.15, 0.2) is 11.7 Å². The summed E-state index contributed by atoms with van der Waals surface area (Å²) in [4.78, 5) is 37.9. The smallest absolute Gasteiger partial charge is 0.318 e. The molecule has 1 heterocycles. The molecule has 0 saturated carbocycles. The Kier molecular flexibility index (Phi) is 4.35. The van der Waals surface area contributed by atoms with Crippen LogP contribution in [0.2, 0.25) is 0 Å². The summed E-state index contributed by atoms with van der Waals surface area (Å²) in [6.45, 7) is 0. The van der Waals surface area contributed by atoms with Gasteiger partial charge in [-0.1, -0.05) is 42.5 Å². The summed E-state index contributed by atoms with van der Waals surface area (Å²) in [5.74, 6) is -4.48. The van der Waals surface area contributed by atoms with E-state index < -0.39 is 17.9 Å². The van der Waals surface area contributed by atoms with E-state index in [0.717, 1.165) is 0 Å². The predicted molar refractivity (Wildman–Crippen MR) is 90.6 cm³/mol. The molecule has 2 aromatic carbocycles. The highest BCUT2D eigenvalue weighted by Crippen LogP contribution is 2.26. The lowest BCUT2D eigenvalue weighted by Gasteiger charge is -2.07. The number of nitrogens with one attached hydrogen (secondary N) is 1. The van der Waals surface area contributed by atoms with Crippen LogP contribution in [0.25, 0.3) is 10.9 Å². The minimum Gasteiger partial charge on any atom is -0.481 e. The first-order chi connectivity index (χ1) is 12.0. The Morgan fingerprint density at radius 2 is 1.60 bits per heavy atom. The van der Waals surface area contributed by atoms with Crippen LogP contribution >= 0.6 is 0 Å². The fourth-order valence-electron chi connectivity index (χ4n) is 2.82. The van der Waals surface area contributed by atoms with Crippen LogP contribution in [0, 0.1) is 5.92 Å². The van der Waals surface area contributed by atoms with Crippen LogP contribution < -0.4 is 0 Å². The Hall–Kier alpha value is -3.41. The lowest BCUT2D eigenvalue weighted by Crippen LogP contribution is -2.25. The standard InChI is InChI=1S/C19H15NO5/c21-17(11-5-2-1-3-6-11)14-8-4-7-13-12(10-20-16(13)14)9-15(18(22)23)19(24)25/h1-8,10,15,20H,9H2,(H,22,23)(H,24,25). The van der Waals surface area contributed by atoms with Gasteiger partial charge in [0.05, 0.1) is 5.52 Å². The Bertz CT molecular complexity index is 944. The third-order valence-electron chi connectivity index (χ3n) is 4.10. The van der Waals surface area contributed by atoms with E-state index in [4.69, 9.17) is 10.2 Å². The molecule has 6 heteroatoms. The highest BCUT2D eigenvalue weighted by molar-refractivity contribution is 6.16. The molecule has 0 unspecified atom stereocenters. The van der Waals surface area contributed by atoms with Crippen molar-refractivity contribution in [2.75, 3.05) is 0 Å². The Balaban J connectivity index is 2.02. The second kappa shape index (κ2) is 6.60. The van der Waals surface area contributed by atoms with Gasteiger partial charge in [0.1, 0.15) is 0 Å². The van der Waals surface area contributed by atoms with E-state index in [1.54, 1.807) is 48.7 Å². The number of carbonyl (C=O) groups is 3. The molecule has 3 N–H and O–H groups in total. The van der Waals surface area contributed by atoms with Crippen molar-refractivity contribution in [1.82, 2.24) is 4.98 Å². The molecular weight excluding hydrogens is 322 g/mol. The molecule has 25 heavy (non-hydrogen) atoms. The number of carboxylic acid groups (broad SMARTS) is 2. The SMILES string of the molecule is O=C(c1ccccc1)c1cccc2c(CC(C(=O)O)C(=O)O)c[nH]c12. The van der Waals surface area contributed by atoms with Gasteiger partial charge >= 0.3 is 11.9 Å². The van der Waals surface area contributed by atoms with Crippen molar-refractivity contribution in [2.24, 2.45) is 5.92 Å². The van der Waals surface area contributed by atoms with Crippen molar-refractivity contribution in [1.29, 1.82) is 0 Å². The lowest BCUT2D eigenvalue weighted by atomic mass is 9.96. The molecule has 6 nitrogen and oxygen atoms in total. The highest BCUT2D eigenvalue weighted by atomic mass is 16.4. The molecule has 0 spiro atoms. The molecule has 0 fully saturated rings. The average molecular weight is 337 g/mol. The van der Waals surface area contributed by atoms with Crippen molar-refractivity contribution in [3.05, 3.63) is 71.4 Å². The van der Waals surface area contributed by atoms with Crippen LogP contribution in [0.15, 0.2) is 54.7 Å². The molecular formula is C19H15NO5. The predicted octanol–water partition coefficient (Wildman–Crippen LogP) is 2.73. The van der Waals surface area contributed by atoms with Crippen molar-refractivity contribution in [3.63, 3.8) is 0 Å². The molecule has 0 aliphatic heterocycles. The zero-order chi connectivity index (χ0) is 18.0. The number of fused-ring (bicyclic) bond motifs is 1. The molecule has 0 bridgehead atoms. The van der Waals surface area contributed by atoms with Crippen LogP contribution in [0.1, 0.15) is 21.5 Å². The summed E-state index contributed by atoms with van der Waals surface area (Å²) >= 11 is 0. The van der Waals surface area contributed by atoms with E-state index in [9.17, 15) is 14.4 Å². The number of aliphatic carboxylic acids is 2. The quantitative estimate of drug-likeness (QED) is 0.473. The second-order valence-corrected chi connectivity index (χ2v) is 5.67. The first-order valence-electron chi connectivity index (χ1n) is 7.63. The first kappa shape index (κ1) is 16.4. The number of para-hydroxylation sites is 1. The molecule has 0 amide bonds. The number of rotatable bonds is 6. The number of hydrogen-bond acceptors (Lipinski definition) is 3. The number of carboxylic acids is 2. The summed E-state index contributed by atoms with van der Waals surface area (Å²) in [6.07, 6.45) is 1.40. The van der Waals surface area contributed by atoms with Gasteiger partial charge in [0.2, 0.25) is 0 Å². The van der Waals surface area contributed by atoms with Gasteiger partial charge in [-0.3, -0.25) is 14.4 Å². The molecule has 3 rings (SSSR count). The van der Waals surface area contributed by atoms with Crippen molar-refractivity contribution >= 4 is 28.6 Å². The minimum atomic E-state index is -1.53. The Morgan fingerprint density at radius 1 is 0.920 bits per heavy atom. The van der Waals surface area contributed by atoms with Crippen LogP contribution in [-0.4, -0.2) is 32.9 Å². The summed E-state index contributed by atoms with van der Waals surface area (Å²) in [5.41, 5.74) is 2.12. The van der Waals surface area contributed by atoms with Crippen molar-refractivity contribution in [2.45, 2.75) is 6.42 Å². The molecule has 3 aromatic rings. The fraction of sp³-hybridized carbons (Fsp3) is 0.105. The maximum Gasteiger partial charge on any atom is 0.318 e. The normalized spacial score (nSPS) is 10.9. The number of benzene rings is 2. The zero-order valence-electron chi connectivity index (χ0n) is 13.1. The minimum absolute atomic E-state index is 0.159. The van der Waals surface area contributed by atoms with Crippen LogP contribution in [0.4, 0.5) is 0 Å². The van der Waals surface area contributed by atoms with Gasteiger partial charge in [-0.25, -0.2) is 0 Å². The van der Waals surface area contributed by atoms with E-state index >= 15 is 0 Å². The van der Waals surface area contributed by atoms with Gasteiger partial charge in [-0.15, -0.1) is 0 Å². The number of carbonyl (C=O) groups excluding carboxylic acids is 1. The van der Waals surface area contributed by atoms with Gasteiger partial charge in [0, 0.05) is 22.7 Å². The topological polar surface area (TPSA) is 107 Å². The van der Waals surface area contributed by atoms with E-state index in [1.807, 2.05) is 6.07 Å². The van der Waals surface area contributed by atoms with Gasteiger partial charge in [-0.05, 0) is 18.1 Å². The largest absolute Gasteiger partial charge is 0.481 e. The van der Waals surface area contributed by atoms with E-state index in [2.05, 4.69) is 4.98 Å². The van der Waals surface area contributed by atoms with Crippen molar-refractivity contribution < 1.29 is 24.6 Å². The first-order valence-corrected chi connectivity index (χ1v) is 7.63. The molecule has 0 radical (unpaired) electrons. The Labute approximate surface area is 142 Å². The number of ketones is 1. The van der Waals surface area contributed by atoms with Gasteiger partial charge < -0.3 is 15.2 Å². The number of H-pyrrole nitrogens is 1. The average Bonchev–Trinajstić information content (AvgIpc) is 3.02. The maximum absolute atomic E-state index is 12.7. The summed E-state index contributed by atoms with van der Waals surface area (Å²) < 4.78 is 0. The molecule has 126 valence electrons. The van der Waals surface area contributed by atoms with Crippen molar-refractivity contribution in [3.8, 4) is 0 Å². The van der Waals surface area contributed by atoms with Gasteiger partial charge in [0.25, 0.3) is 0 Å². The van der Waals surface area contributed by atoms with E-state index in [0.29, 0.717) is 27.6 Å². The molecule has 0 saturated heterocycles. The van der Waals surface area contributed by atoms with E-state index in [-0.39, 0.29) is 12.2 Å². The zero-order valence-corrected chi connectivity index (χ0v) is 13.1. The lowest BCUT2D eigenvalue weighted by molar-refractivity contribution is -0.154. The van der Waals surface area contributed by atoms with Crippen LogP contribution in [0.5, 0.6) is 0 Å². The number of aromatic amines is 1. The van der Waals surface area contributed by atoms with E-state index in [1.165, 1.54) is 0 Å². The fourth-order valence-corrected chi connectivity index (χ4v) is 2.82. The Morgan fingerprint density at radius 3 is 2.24 bits per heavy atom. The molecule has 0 aliphatic rings. The second-order valence-electron chi connectivity index (χ2n) is 5.67. The van der Waals surface area contributed by atoms with Gasteiger partial charge in [-0.2, -0.15) is 0 Å². The monoisotopic (exact) mass is 337 g/mol. The molecule has 0 aliphatic carbocycles. The molecule has 0 atom stereocenters. The molecule has 1 aromatic heterocycles. The maximum atomic E-state index is 12.7. The number of aromatic nitrogens is 1. The third kappa shape index (κ3) is 3.14. The summed E-state index contributed by atoms with van der Waals surface area (Å²) in [7, 11) is 0. The summed E-state index contributed by atoms with van der Waals surface area (Å²) in [6, 6.07) is 13.9. The van der Waals surface area contributed by atoms with Crippen LogP contribution in [0.3, 0.4) is 0 Å². The van der Waals surface area contributed by atoms with Crippen LogP contribution in [-0.2, 0) is 16.0 Å². The highest BCUT2D eigenvalue weighted by Gasteiger charge is 2.27. The number of hydrogen-bond donors (Lipinski definition) is 3. The summed E-state index contributed by atoms with van der Waals surface area (Å²) in [5, 5.41) is 18.8. The third-order valence-corrected chi connectivity index (χ3v) is 4.10.